The zero-order valence-electron chi connectivity index (χ0n) is 32.6. The molecule has 4 aliphatic rings. The topological polar surface area (TPSA) is 177 Å². The number of alkyl carbamates (subject to hydrolysis) is 1. The molecule has 0 bridgehead atoms. The number of imidazole rings is 2. The molecule has 2 aromatic carbocycles. The first-order valence-electron chi connectivity index (χ1n) is 19.6. The number of hydrogen-bond donors (Lipinski definition) is 4. The molecule has 2 saturated carbocycles. The van der Waals surface area contributed by atoms with E-state index in [1.54, 1.807) is 6.20 Å². The van der Waals surface area contributed by atoms with Crippen LogP contribution < -0.4 is 5.32 Å². The molecule has 8 atom stereocenters. The number of fused-ring (bicyclic) bond motifs is 2. The molecule has 4 amide bonds. The highest BCUT2D eigenvalue weighted by atomic mass is 16.5. The van der Waals surface area contributed by atoms with Crippen molar-refractivity contribution in [1.82, 2.24) is 40.0 Å². The van der Waals surface area contributed by atoms with Crippen LogP contribution in [-0.4, -0.2) is 102 Å². The number of ether oxygens (including phenoxy) is 1. The SMILES string of the molecule is COC(=O)N[C@H](C(=O)N1[C@H](c2ncc(-c3ccc(-c4ccc(-c5cnc([C@@H]6C[C@@H]7C[C@@H]7N6C(=O)[C@H](C(C)C)N(C)C(=O)O)[nH]5)cc4)cc3)[nH]2)C[C@@H]2C[C@@H]21)C(C)C. The fraction of sp³-hybridized carbons (Fsp3) is 0.476. The van der Waals surface area contributed by atoms with Crippen LogP contribution in [0.15, 0.2) is 60.9 Å². The van der Waals surface area contributed by atoms with E-state index in [1.807, 2.05) is 43.7 Å². The standard InChI is InChI=1S/C42H50N8O6/c1-21(2)35(47-41(53)56-6)39(51)49-31-15-27(31)17-33(49)37-43-19-29(45-37)25-11-7-23(8-12-25)24-9-13-26(14-10-24)30-20-44-38(46-30)34-18-28-16-32(28)50(34)40(52)36(22(3)4)48(5)42(54)55/h7-14,19-22,27-28,31-36H,15-18H2,1-6H3,(H,43,45)(H,44,46)(H,47,53)(H,54,55)/t27-,28-,31-,32-,33-,34-,35-,36-/m0/s1. The molecule has 0 radical (unpaired) electrons. The minimum absolute atomic E-state index is 0.100. The predicted molar refractivity (Wildman–Crippen MR) is 208 cm³/mol. The van der Waals surface area contributed by atoms with Crippen molar-refractivity contribution in [2.75, 3.05) is 14.2 Å². The van der Waals surface area contributed by atoms with Crippen LogP contribution in [0.1, 0.15) is 77.1 Å². The van der Waals surface area contributed by atoms with Crippen LogP contribution in [0.25, 0.3) is 33.6 Å². The highest BCUT2D eigenvalue weighted by Crippen LogP contribution is 2.54. The average molecular weight is 763 g/mol. The molecule has 4 aromatic rings. The van der Waals surface area contributed by atoms with Crippen LogP contribution in [-0.2, 0) is 14.3 Å². The van der Waals surface area contributed by atoms with E-state index in [1.165, 1.54) is 14.2 Å². The third-order valence-electron chi connectivity index (χ3n) is 12.3. The second-order valence-electron chi connectivity index (χ2n) is 16.6. The zero-order chi connectivity index (χ0) is 39.6. The summed E-state index contributed by atoms with van der Waals surface area (Å²) in [4.78, 5) is 72.7. The number of aromatic nitrogens is 4. The maximum Gasteiger partial charge on any atom is 0.407 e. The number of hydrogen-bond acceptors (Lipinski definition) is 7. The van der Waals surface area contributed by atoms with Crippen LogP contribution in [0.5, 0.6) is 0 Å². The van der Waals surface area contributed by atoms with Gasteiger partial charge in [-0.25, -0.2) is 19.6 Å². The highest BCUT2D eigenvalue weighted by Gasteiger charge is 2.57. The van der Waals surface area contributed by atoms with Crippen LogP contribution >= 0.6 is 0 Å². The van der Waals surface area contributed by atoms with Crippen LogP contribution in [0, 0.1) is 23.7 Å². The molecule has 0 unspecified atom stereocenters. The summed E-state index contributed by atoms with van der Waals surface area (Å²) in [7, 11) is 2.76. The van der Waals surface area contributed by atoms with E-state index in [2.05, 4.69) is 63.8 Å². The Hall–Kier alpha value is -5.66. The number of likely N-dealkylation sites (tertiary alicyclic amines) is 2. The van der Waals surface area contributed by atoms with Crippen molar-refractivity contribution in [1.29, 1.82) is 0 Å². The number of carboxylic acid groups (broad SMARTS) is 1. The number of nitrogens with one attached hydrogen (secondary N) is 3. The van der Waals surface area contributed by atoms with Gasteiger partial charge in [-0.2, -0.15) is 0 Å². The second kappa shape index (κ2) is 14.4. The molecular formula is C42H50N8O6. The number of rotatable bonds is 11. The Morgan fingerprint density at radius 3 is 1.59 bits per heavy atom. The normalized spacial score (nSPS) is 24.4. The summed E-state index contributed by atoms with van der Waals surface area (Å²) in [5.74, 6) is 1.81. The molecule has 2 aromatic heterocycles. The second-order valence-corrected chi connectivity index (χ2v) is 16.6. The third kappa shape index (κ3) is 6.79. The molecule has 4 heterocycles. The van der Waals surface area contributed by atoms with E-state index in [4.69, 9.17) is 14.7 Å². The van der Waals surface area contributed by atoms with Gasteiger partial charge in [-0.1, -0.05) is 76.2 Å². The van der Waals surface area contributed by atoms with E-state index in [0.29, 0.717) is 11.8 Å². The monoisotopic (exact) mass is 762 g/mol. The van der Waals surface area contributed by atoms with Gasteiger partial charge in [0.2, 0.25) is 11.8 Å². The number of likely N-dealkylation sites (N-methyl/N-ethyl adjacent to an activating group) is 1. The number of methoxy groups -OCH3 is 1. The summed E-state index contributed by atoms with van der Waals surface area (Å²) in [5, 5.41) is 12.4. The van der Waals surface area contributed by atoms with Gasteiger partial charge in [0.05, 0.1) is 43.0 Å². The number of nitrogens with zero attached hydrogens (tertiary/aromatic N) is 5. The Morgan fingerprint density at radius 1 is 0.732 bits per heavy atom. The largest absolute Gasteiger partial charge is 0.465 e. The maximum atomic E-state index is 13.8. The lowest BCUT2D eigenvalue weighted by Gasteiger charge is -2.35. The summed E-state index contributed by atoms with van der Waals surface area (Å²) in [6.45, 7) is 7.59. The summed E-state index contributed by atoms with van der Waals surface area (Å²) >= 11 is 0. The predicted octanol–water partition coefficient (Wildman–Crippen LogP) is 6.47. The van der Waals surface area contributed by atoms with Gasteiger partial charge in [0.15, 0.2) is 0 Å². The maximum absolute atomic E-state index is 13.8. The Morgan fingerprint density at radius 2 is 1.18 bits per heavy atom. The fourth-order valence-electron chi connectivity index (χ4n) is 9.05. The van der Waals surface area contributed by atoms with E-state index < -0.39 is 24.3 Å². The minimum Gasteiger partial charge on any atom is -0.465 e. The fourth-order valence-corrected chi connectivity index (χ4v) is 9.05. The smallest absolute Gasteiger partial charge is 0.407 e. The molecule has 0 spiro atoms. The number of amides is 4. The quantitative estimate of drug-likeness (QED) is 0.134. The van der Waals surface area contributed by atoms with Gasteiger partial charge in [0.25, 0.3) is 0 Å². The Balaban J connectivity index is 0.936. The number of aromatic amines is 2. The van der Waals surface area contributed by atoms with Crippen molar-refractivity contribution in [2.24, 2.45) is 23.7 Å². The molecule has 14 heteroatoms. The van der Waals surface area contributed by atoms with Crippen molar-refractivity contribution in [3.63, 3.8) is 0 Å². The molecule has 294 valence electrons. The van der Waals surface area contributed by atoms with Gasteiger partial charge in [0, 0.05) is 19.1 Å². The van der Waals surface area contributed by atoms with Gasteiger partial charge < -0.3 is 34.9 Å². The van der Waals surface area contributed by atoms with E-state index in [0.717, 1.165) is 75.9 Å². The van der Waals surface area contributed by atoms with Gasteiger partial charge in [-0.05, 0) is 71.6 Å². The molecule has 8 rings (SSSR count). The van der Waals surface area contributed by atoms with Crippen molar-refractivity contribution in [3.05, 3.63) is 72.6 Å². The van der Waals surface area contributed by atoms with E-state index in [9.17, 15) is 24.3 Å². The molecule has 2 aliphatic carbocycles. The van der Waals surface area contributed by atoms with E-state index in [-0.39, 0.29) is 47.8 Å². The molecule has 2 aliphatic heterocycles. The number of carbonyl (C=O) groups is 4. The van der Waals surface area contributed by atoms with Gasteiger partial charge in [0.1, 0.15) is 23.7 Å². The number of H-pyrrole nitrogens is 2. The summed E-state index contributed by atoms with van der Waals surface area (Å²) in [6, 6.07) is 15.0. The minimum atomic E-state index is -1.11. The summed E-state index contributed by atoms with van der Waals surface area (Å²) in [5.41, 5.74) is 5.78. The zero-order valence-corrected chi connectivity index (χ0v) is 32.6. The molecule has 2 saturated heterocycles. The van der Waals surface area contributed by atoms with Gasteiger partial charge in [-0.15, -0.1) is 0 Å². The molecule has 4 fully saturated rings. The first kappa shape index (κ1) is 37.3. The molecule has 56 heavy (non-hydrogen) atoms. The molecule has 14 nitrogen and oxygen atoms in total. The first-order valence-corrected chi connectivity index (χ1v) is 19.6. The average Bonchev–Trinajstić information content (AvgIpc) is 3.78. The lowest BCUT2D eigenvalue weighted by Crippen LogP contribution is -2.52. The number of benzene rings is 2. The summed E-state index contributed by atoms with van der Waals surface area (Å²) < 4.78 is 4.79. The first-order chi connectivity index (χ1) is 26.8. The van der Waals surface area contributed by atoms with Crippen molar-refractivity contribution in [2.45, 2.75) is 89.6 Å². The number of carbonyl (C=O) groups excluding carboxylic acids is 3. The Kier molecular flexibility index (Phi) is 9.61. The third-order valence-corrected chi connectivity index (χ3v) is 12.3. The molecule has 4 N–H and O–H groups in total. The Bertz CT molecular complexity index is 2130. The summed E-state index contributed by atoms with van der Waals surface area (Å²) in [6.07, 6.45) is 5.47. The van der Waals surface area contributed by atoms with Crippen molar-refractivity contribution >= 4 is 24.0 Å². The van der Waals surface area contributed by atoms with Gasteiger partial charge >= 0.3 is 12.2 Å². The van der Waals surface area contributed by atoms with Crippen LogP contribution in [0.2, 0.25) is 0 Å². The Labute approximate surface area is 326 Å². The lowest BCUT2D eigenvalue weighted by atomic mass is 10.0. The lowest BCUT2D eigenvalue weighted by molar-refractivity contribution is -0.140. The van der Waals surface area contributed by atoms with Crippen molar-refractivity contribution in [3.8, 4) is 33.6 Å². The van der Waals surface area contributed by atoms with Crippen LogP contribution in [0.3, 0.4) is 0 Å². The van der Waals surface area contributed by atoms with E-state index >= 15 is 0 Å². The van der Waals surface area contributed by atoms with Gasteiger partial charge in [-0.3, -0.25) is 14.5 Å². The highest BCUT2D eigenvalue weighted by molar-refractivity contribution is 5.88. The number of piperidine rings is 2. The van der Waals surface area contributed by atoms with Crippen LogP contribution in [0.4, 0.5) is 9.59 Å². The van der Waals surface area contributed by atoms with Crippen molar-refractivity contribution < 1.29 is 29.0 Å². The molecular weight excluding hydrogens is 713 g/mol.